The smallest absolute Gasteiger partial charge is 0.336 e. The van der Waals surface area contributed by atoms with Gasteiger partial charge >= 0.3 is 11.9 Å². The highest BCUT2D eigenvalue weighted by molar-refractivity contribution is 5.96. The first kappa shape index (κ1) is 26.5. The Morgan fingerprint density at radius 1 is 0.868 bits per heavy atom. The minimum absolute atomic E-state index is 0.117. The number of hydrogen-bond acceptors (Lipinski definition) is 4. The van der Waals surface area contributed by atoms with Crippen LogP contribution in [0.1, 0.15) is 68.7 Å². The molecule has 38 heavy (non-hydrogen) atoms. The number of benzene rings is 3. The molecule has 4 rings (SSSR count). The van der Waals surface area contributed by atoms with E-state index >= 15 is 0 Å². The van der Waals surface area contributed by atoms with Crippen molar-refractivity contribution in [3.63, 3.8) is 0 Å². The molecule has 1 heterocycles. The number of hydrogen-bond donors (Lipinski definition) is 2. The summed E-state index contributed by atoms with van der Waals surface area (Å²) in [6.45, 7) is 3.98. The lowest BCUT2D eigenvalue weighted by Gasteiger charge is -2.17. The van der Waals surface area contributed by atoms with Crippen molar-refractivity contribution in [1.29, 1.82) is 0 Å². The number of aryl methyl sites for hydroxylation is 2. The minimum Gasteiger partial charge on any atom is -0.478 e. The molecule has 2 N–H and O–H groups in total. The number of carboxylic acids is 2. The minimum atomic E-state index is -1.04. The van der Waals surface area contributed by atoms with Gasteiger partial charge in [-0.25, -0.2) is 14.6 Å². The first-order valence-electron chi connectivity index (χ1n) is 12.6. The molecule has 0 saturated heterocycles. The zero-order valence-corrected chi connectivity index (χ0v) is 21.5. The number of carboxylic acid groups (broad SMARTS) is 2. The van der Waals surface area contributed by atoms with E-state index in [0.717, 1.165) is 29.7 Å². The van der Waals surface area contributed by atoms with E-state index < -0.39 is 11.9 Å². The van der Waals surface area contributed by atoms with Gasteiger partial charge in [-0.15, -0.1) is 0 Å². The molecule has 0 saturated carbocycles. The summed E-state index contributed by atoms with van der Waals surface area (Å²) in [5.74, 6) is -1.48. The molecule has 0 fully saturated rings. The fourth-order valence-corrected chi connectivity index (χ4v) is 4.64. The Balaban J connectivity index is 1.72. The number of rotatable bonds is 10. The molecular weight excluding hydrogens is 480 g/mol. The maximum Gasteiger partial charge on any atom is 0.336 e. The average molecular weight is 511 g/mol. The molecule has 0 amide bonds. The summed E-state index contributed by atoms with van der Waals surface area (Å²) in [6.07, 6.45) is 2.91. The molecule has 7 heteroatoms. The third-order valence-electron chi connectivity index (χ3n) is 6.69. The van der Waals surface area contributed by atoms with E-state index in [1.807, 2.05) is 24.3 Å². The zero-order valence-electron chi connectivity index (χ0n) is 21.5. The van der Waals surface area contributed by atoms with Crippen LogP contribution in [0.15, 0.2) is 77.6 Å². The molecule has 0 aliphatic carbocycles. The number of nitrogens with zero attached hydrogens (tertiary/aromatic N) is 2. The molecule has 0 spiro atoms. The van der Waals surface area contributed by atoms with Crippen molar-refractivity contribution in [1.82, 2.24) is 9.55 Å². The Labute approximate surface area is 221 Å². The van der Waals surface area contributed by atoms with Crippen LogP contribution in [0, 0.1) is 6.92 Å². The summed E-state index contributed by atoms with van der Waals surface area (Å²) >= 11 is 0. The van der Waals surface area contributed by atoms with Crippen molar-refractivity contribution < 1.29 is 19.8 Å². The Kier molecular flexibility index (Phi) is 8.16. The van der Waals surface area contributed by atoms with Gasteiger partial charge in [0.1, 0.15) is 5.82 Å². The highest BCUT2D eigenvalue weighted by Gasteiger charge is 2.18. The van der Waals surface area contributed by atoms with Crippen molar-refractivity contribution in [2.75, 3.05) is 0 Å². The number of aromatic nitrogens is 2. The molecule has 7 nitrogen and oxygen atoms in total. The maximum absolute atomic E-state index is 13.8. The zero-order chi connectivity index (χ0) is 27.2. The molecule has 0 radical (unpaired) electrons. The van der Waals surface area contributed by atoms with E-state index in [4.69, 9.17) is 4.98 Å². The van der Waals surface area contributed by atoms with Gasteiger partial charge in [-0.1, -0.05) is 74.0 Å². The van der Waals surface area contributed by atoms with Gasteiger partial charge < -0.3 is 10.2 Å². The summed E-state index contributed by atoms with van der Waals surface area (Å²) in [5.41, 5.74) is 4.42. The third kappa shape index (κ3) is 5.72. The monoisotopic (exact) mass is 510 g/mol. The number of carbonyl (C=O) groups is 2. The second-order valence-corrected chi connectivity index (χ2v) is 9.27. The summed E-state index contributed by atoms with van der Waals surface area (Å²) in [6, 6.07) is 21.1. The Hall–Kier alpha value is -4.52. The van der Waals surface area contributed by atoms with E-state index in [1.54, 1.807) is 54.0 Å². The summed E-state index contributed by atoms with van der Waals surface area (Å²) in [4.78, 5) is 41.9. The van der Waals surface area contributed by atoms with Crippen LogP contribution in [0.3, 0.4) is 0 Å². The largest absolute Gasteiger partial charge is 0.478 e. The maximum atomic E-state index is 13.8. The summed E-state index contributed by atoms with van der Waals surface area (Å²) in [5, 5.41) is 19.1. The van der Waals surface area contributed by atoms with E-state index in [2.05, 4.69) is 6.92 Å². The fraction of sp³-hybridized carbons (Fsp3) is 0.226. The van der Waals surface area contributed by atoms with Gasteiger partial charge in [0, 0.05) is 12.0 Å². The standard InChI is InChI=1S/C31H30N2O5/c1-3-4-13-28-27(18-21-14-16-22(17-15-21)24-10-7-8-12-26(24)31(37)38)29(34)33(20(2)32-28)19-23-9-5-6-11-25(23)30(35)36/h5-12,14-17H,3-4,13,18-19H2,1-2H3,(H,35,36)(H,37,38). The Morgan fingerprint density at radius 3 is 2.16 bits per heavy atom. The van der Waals surface area contributed by atoms with Crippen molar-refractivity contribution in [2.45, 2.75) is 46.1 Å². The SMILES string of the molecule is CCCCc1nc(C)n(Cc2ccccc2C(=O)O)c(=O)c1Cc1ccc(-c2ccccc2C(=O)O)cc1. The van der Waals surface area contributed by atoms with Crippen LogP contribution >= 0.6 is 0 Å². The first-order valence-corrected chi connectivity index (χ1v) is 12.6. The topological polar surface area (TPSA) is 109 Å². The quantitative estimate of drug-likeness (QED) is 0.288. The molecule has 1 aromatic heterocycles. The molecule has 194 valence electrons. The molecule has 0 atom stereocenters. The highest BCUT2D eigenvalue weighted by Crippen LogP contribution is 2.25. The molecule has 0 bridgehead atoms. The van der Waals surface area contributed by atoms with Crippen LogP contribution in [0.2, 0.25) is 0 Å². The summed E-state index contributed by atoms with van der Waals surface area (Å²) < 4.78 is 1.55. The molecule has 0 unspecified atom stereocenters. The van der Waals surface area contributed by atoms with Gasteiger partial charge in [-0.2, -0.15) is 0 Å². The van der Waals surface area contributed by atoms with Crippen molar-refractivity contribution in [3.05, 3.63) is 122 Å². The van der Waals surface area contributed by atoms with Crippen LogP contribution < -0.4 is 5.56 Å². The van der Waals surface area contributed by atoms with Crippen molar-refractivity contribution in [2.24, 2.45) is 0 Å². The van der Waals surface area contributed by atoms with E-state index in [-0.39, 0.29) is 23.2 Å². The lowest BCUT2D eigenvalue weighted by Crippen LogP contribution is -2.30. The van der Waals surface area contributed by atoms with Crippen LogP contribution in [0.5, 0.6) is 0 Å². The van der Waals surface area contributed by atoms with Crippen LogP contribution in [-0.2, 0) is 19.4 Å². The Bertz CT molecular complexity index is 1540. The second kappa shape index (κ2) is 11.7. The van der Waals surface area contributed by atoms with Crippen molar-refractivity contribution >= 4 is 11.9 Å². The lowest BCUT2D eigenvalue weighted by molar-refractivity contribution is 0.0685. The number of unbranched alkanes of at least 4 members (excludes halogenated alkanes) is 1. The lowest BCUT2D eigenvalue weighted by atomic mass is 9.96. The van der Waals surface area contributed by atoms with E-state index in [1.165, 1.54) is 6.07 Å². The van der Waals surface area contributed by atoms with Gasteiger partial charge in [-0.05, 0) is 54.2 Å². The molecule has 0 aliphatic heterocycles. The van der Waals surface area contributed by atoms with Gasteiger partial charge in [0.25, 0.3) is 5.56 Å². The second-order valence-electron chi connectivity index (χ2n) is 9.27. The van der Waals surface area contributed by atoms with Crippen LogP contribution in [0.4, 0.5) is 0 Å². The van der Waals surface area contributed by atoms with E-state index in [9.17, 15) is 24.6 Å². The molecule has 0 aliphatic rings. The molecule has 3 aromatic carbocycles. The highest BCUT2D eigenvalue weighted by atomic mass is 16.4. The predicted octanol–water partition coefficient (Wildman–Crippen LogP) is 5.60. The molecule has 4 aromatic rings. The third-order valence-corrected chi connectivity index (χ3v) is 6.69. The average Bonchev–Trinajstić information content (AvgIpc) is 2.92. The predicted molar refractivity (Wildman–Crippen MR) is 146 cm³/mol. The fourth-order valence-electron chi connectivity index (χ4n) is 4.64. The van der Waals surface area contributed by atoms with Crippen LogP contribution in [0.25, 0.3) is 11.1 Å². The normalized spacial score (nSPS) is 10.9. The van der Waals surface area contributed by atoms with Gasteiger partial charge in [0.2, 0.25) is 0 Å². The van der Waals surface area contributed by atoms with Crippen LogP contribution in [-0.4, -0.2) is 31.7 Å². The van der Waals surface area contributed by atoms with E-state index in [0.29, 0.717) is 35.4 Å². The molecular formula is C31H30N2O5. The van der Waals surface area contributed by atoms with Gasteiger partial charge in [0.15, 0.2) is 0 Å². The first-order chi connectivity index (χ1) is 18.3. The summed E-state index contributed by atoms with van der Waals surface area (Å²) in [7, 11) is 0. The number of aromatic carboxylic acids is 2. The van der Waals surface area contributed by atoms with Gasteiger partial charge in [0.05, 0.1) is 23.4 Å². The van der Waals surface area contributed by atoms with Crippen molar-refractivity contribution in [3.8, 4) is 11.1 Å². The van der Waals surface area contributed by atoms with Gasteiger partial charge in [-0.3, -0.25) is 9.36 Å². The Morgan fingerprint density at radius 2 is 1.50 bits per heavy atom.